The third-order valence-corrected chi connectivity index (χ3v) is 13.0. The van der Waals surface area contributed by atoms with Crippen molar-refractivity contribution in [3.8, 4) is 51.4 Å². The molecule has 8 aromatic carbocycles. The van der Waals surface area contributed by atoms with Crippen LogP contribution in [0.3, 0.4) is 0 Å². The number of ether oxygens (including phenoxy) is 4. The Morgan fingerprint density at radius 2 is 0.658 bits per heavy atom. The molecule has 412 valence electrons. The Morgan fingerprint density at radius 1 is 0.354 bits per heavy atom. The van der Waals surface area contributed by atoms with Crippen molar-refractivity contribution in [1.82, 2.24) is 0 Å². The molecule has 0 amide bonds. The molecule has 0 aliphatic heterocycles. The normalized spacial score (nSPS) is 11.2. The Labute approximate surface area is 431 Å². The van der Waals surface area contributed by atoms with Crippen LogP contribution in [0.4, 0.5) is 87.8 Å². The fourth-order valence-electron chi connectivity index (χ4n) is 7.33. The summed E-state index contributed by atoms with van der Waals surface area (Å²) in [7, 11) is 1.64. The van der Waals surface area contributed by atoms with Crippen molar-refractivity contribution in [3.63, 3.8) is 0 Å². The van der Waals surface area contributed by atoms with Crippen molar-refractivity contribution >= 4 is 16.9 Å². The highest BCUT2D eigenvalue weighted by Gasteiger charge is 2.39. The molecule has 0 atom stereocenters. The zero-order valence-electron chi connectivity index (χ0n) is 38.9. The number of carbonyl (C=O) groups is 1. The average molecular weight is 1150 g/mol. The number of methoxy groups -OCH3 is 1. The fraction of sp³-hybridized carbons (Fsp3) is 0.0577. The zero-order chi connectivity index (χ0) is 58.4. The van der Waals surface area contributed by atoms with Crippen molar-refractivity contribution in [3.05, 3.63) is 212 Å². The molecule has 27 heteroatoms. The molecule has 6 nitrogen and oxygen atoms in total. The van der Waals surface area contributed by atoms with Gasteiger partial charge < -0.3 is 28.8 Å². The van der Waals surface area contributed by atoms with E-state index in [1.54, 1.807) is 7.11 Å². The van der Waals surface area contributed by atoms with Crippen LogP contribution in [0.25, 0.3) is 11.1 Å². The van der Waals surface area contributed by atoms with E-state index in [1.165, 1.54) is 25.8 Å². The molecule has 79 heavy (non-hydrogen) atoms. The lowest BCUT2D eigenvalue weighted by Crippen LogP contribution is -2.24. The second-order valence-corrected chi connectivity index (χ2v) is 17.7. The highest BCUT2D eigenvalue weighted by atomic mass is 32.2. The van der Waals surface area contributed by atoms with Gasteiger partial charge in [0.2, 0.25) is 116 Å². The van der Waals surface area contributed by atoms with Crippen molar-refractivity contribution < 1.29 is 117 Å². The van der Waals surface area contributed by atoms with Gasteiger partial charge in [-0.25, -0.2) is 61.5 Å². The van der Waals surface area contributed by atoms with Gasteiger partial charge in [0.25, 0.3) is 0 Å². The Balaban J connectivity index is 0.000000325. The zero-order valence-corrected chi connectivity index (χ0v) is 39.7. The first-order valence-corrected chi connectivity index (χ1v) is 22.4. The third kappa shape index (κ3) is 10.5. The molecular formula is C52H22F20O6S. The predicted octanol–water partition coefficient (Wildman–Crippen LogP) is 15.3. The molecule has 0 spiro atoms. The standard InChI is InChI=1S/C31H2F20O5.C21H21OS/c32-6-5(7(33)9(35)10(36)8(6)34)4-2(31(52)53)1-3(54-28-20(46)14(40)11(37)15(41)21(28)47)26(55-29-22(48)16(42)12(38)17(43)23(29)49)27(4)56-30-24(50)18(44)13(39)19(45)25(30)51;1-16-14-20(15-17(2)21(16)22-3)23(18-10-6-4-7-11-18)19-12-8-5-9-13-19/h1H,(H,52,53);4-15H,1-3H3/q;+1/p-1. The van der Waals surface area contributed by atoms with Crippen LogP contribution in [0.15, 0.2) is 93.5 Å². The van der Waals surface area contributed by atoms with Gasteiger partial charge in [-0.3, -0.25) is 0 Å². The van der Waals surface area contributed by atoms with Gasteiger partial charge in [-0.2, -0.15) is 26.3 Å². The molecule has 0 N–H and O–H groups in total. The Morgan fingerprint density at radius 3 is 0.987 bits per heavy atom. The van der Waals surface area contributed by atoms with Crippen LogP contribution in [-0.4, -0.2) is 13.1 Å². The molecule has 0 saturated heterocycles. The number of aryl methyl sites for hydroxylation is 2. The maximum absolute atomic E-state index is 15.2. The second kappa shape index (κ2) is 22.8. The molecule has 0 heterocycles. The van der Waals surface area contributed by atoms with Crippen LogP contribution >= 0.6 is 0 Å². The number of hydrogen-bond donors (Lipinski definition) is 0. The lowest BCUT2D eigenvalue weighted by molar-refractivity contribution is -0.255. The van der Waals surface area contributed by atoms with E-state index in [1.807, 2.05) is 0 Å². The summed E-state index contributed by atoms with van der Waals surface area (Å²) in [6.07, 6.45) is 0. The molecule has 0 aromatic heterocycles. The number of carboxylic acid groups (broad SMARTS) is 1. The monoisotopic (exact) mass is 1150 g/mol. The van der Waals surface area contributed by atoms with Crippen molar-refractivity contribution in [1.29, 1.82) is 0 Å². The smallest absolute Gasteiger partial charge is 0.213 e. The van der Waals surface area contributed by atoms with E-state index in [0.29, 0.717) is 0 Å². The van der Waals surface area contributed by atoms with Gasteiger partial charge in [0.05, 0.1) is 29.5 Å². The maximum Gasteiger partial charge on any atom is 0.213 e. The summed E-state index contributed by atoms with van der Waals surface area (Å²) >= 11 is 0. The van der Waals surface area contributed by atoms with E-state index in [4.69, 9.17) is 4.74 Å². The number of carbonyl (C=O) groups excluding carboxylic acids is 1. The van der Waals surface area contributed by atoms with Crippen LogP contribution < -0.4 is 24.1 Å². The summed E-state index contributed by atoms with van der Waals surface area (Å²) in [6.45, 7) is 4.24. The van der Waals surface area contributed by atoms with E-state index in [9.17, 15) is 88.9 Å². The Hall–Kier alpha value is -8.62. The number of benzene rings is 8. The molecule has 0 aliphatic rings. The summed E-state index contributed by atoms with van der Waals surface area (Å²) in [5.41, 5.74) is -5.33. The quantitative estimate of drug-likeness (QED) is 0.0525. The van der Waals surface area contributed by atoms with E-state index in [2.05, 4.69) is 101 Å². The molecule has 0 bridgehead atoms. The molecular weight excluding hydrogens is 1130 g/mol. The molecule has 8 aromatic rings. The predicted molar refractivity (Wildman–Crippen MR) is 232 cm³/mol. The molecule has 0 fully saturated rings. The van der Waals surface area contributed by atoms with Crippen LogP contribution in [0.5, 0.6) is 40.2 Å². The average Bonchev–Trinajstić information content (AvgIpc) is 3.62. The minimum atomic E-state index is -3.17. The van der Waals surface area contributed by atoms with Crippen LogP contribution in [-0.2, 0) is 10.9 Å². The second-order valence-electron chi connectivity index (χ2n) is 15.7. The molecule has 0 aliphatic carbocycles. The van der Waals surface area contributed by atoms with E-state index < -0.39 is 180 Å². The number of rotatable bonds is 12. The van der Waals surface area contributed by atoms with Gasteiger partial charge in [0.15, 0.2) is 49.5 Å². The molecule has 0 unspecified atom stereocenters. The van der Waals surface area contributed by atoms with Crippen LogP contribution in [0.2, 0.25) is 0 Å². The van der Waals surface area contributed by atoms with Gasteiger partial charge in [-0.1, -0.05) is 36.4 Å². The van der Waals surface area contributed by atoms with Gasteiger partial charge >= 0.3 is 0 Å². The van der Waals surface area contributed by atoms with Crippen molar-refractivity contribution in [2.75, 3.05) is 7.11 Å². The van der Waals surface area contributed by atoms with E-state index in [0.717, 1.165) is 5.75 Å². The first kappa shape index (κ1) is 58.1. The lowest BCUT2D eigenvalue weighted by Gasteiger charge is -2.24. The minimum absolute atomic E-state index is 0.101. The Kier molecular flexibility index (Phi) is 16.7. The van der Waals surface area contributed by atoms with Crippen LogP contribution in [0.1, 0.15) is 21.5 Å². The minimum Gasteiger partial charge on any atom is -0.545 e. The summed E-state index contributed by atoms with van der Waals surface area (Å²) in [4.78, 5) is 16.3. The van der Waals surface area contributed by atoms with Crippen LogP contribution in [0, 0.1) is 130 Å². The molecule has 0 saturated carbocycles. The van der Waals surface area contributed by atoms with E-state index >= 15 is 8.78 Å². The van der Waals surface area contributed by atoms with Gasteiger partial charge in [-0.15, -0.1) is 0 Å². The van der Waals surface area contributed by atoms with Gasteiger partial charge in [-0.05, 0) is 55.3 Å². The SMILES string of the molecule is COc1c(C)cc([S+](c2ccccc2)c2ccccc2)cc1C.O=C([O-])c1cc(Oc2c(F)c(F)c(F)c(F)c2F)c(Oc2c(F)c(F)c(F)c(F)c2F)c(Oc2c(F)c(F)c(F)c(F)c2F)c1-c1c(F)c(F)c(F)c(F)c1F. The largest absolute Gasteiger partial charge is 0.545 e. The third-order valence-electron chi connectivity index (χ3n) is 10.8. The number of carboxylic acids is 1. The molecule has 0 radical (unpaired) electrons. The lowest BCUT2D eigenvalue weighted by atomic mass is 9.95. The van der Waals surface area contributed by atoms with Gasteiger partial charge in [0, 0.05) is 23.3 Å². The highest BCUT2D eigenvalue weighted by Crippen LogP contribution is 2.55. The maximum atomic E-state index is 15.2. The fourth-order valence-corrected chi connectivity index (χ4v) is 9.59. The summed E-state index contributed by atoms with van der Waals surface area (Å²) in [5.74, 6) is -80.3. The van der Waals surface area contributed by atoms with Crippen molar-refractivity contribution in [2.45, 2.75) is 28.5 Å². The Bertz CT molecular complexity index is 3600. The first-order valence-electron chi connectivity index (χ1n) is 21.2. The number of hydrogen-bond acceptors (Lipinski definition) is 6. The summed E-state index contributed by atoms with van der Waals surface area (Å²) < 4.78 is 307. The first-order chi connectivity index (χ1) is 37.2. The van der Waals surface area contributed by atoms with E-state index in [-0.39, 0.29) is 10.9 Å². The summed E-state index contributed by atoms with van der Waals surface area (Å²) in [5, 5.41) is 12.3. The topological polar surface area (TPSA) is 77.1 Å². The van der Waals surface area contributed by atoms with Crippen molar-refractivity contribution in [2.24, 2.45) is 0 Å². The number of aromatic carboxylic acids is 1. The van der Waals surface area contributed by atoms with Gasteiger partial charge in [0.1, 0.15) is 5.75 Å². The summed E-state index contributed by atoms with van der Waals surface area (Å²) in [6, 6.07) is 25.3. The number of halogens is 20. The molecule has 8 rings (SSSR count). The highest BCUT2D eigenvalue weighted by molar-refractivity contribution is 7.97.